The Kier molecular flexibility index (Phi) is 2.73. The highest BCUT2D eigenvalue weighted by Gasteiger charge is 2.17. The standard InChI is InChI=1S/C13H14F2N2/c1-13(2,3)12-6-7-17(16-12)11-5-4-9(14)8-10(11)15/h4-8H,1-3H3. The molecule has 1 heterocycles. The minimum Gasteiger partial charge on any atom is -0.238 e. The van der Waals surface area contributed by atoms with Gasteiger partial charge >= 0.3 is 0 Å². The number of hydrogen-bond donors (Lipinski definition) is 0. The Morgan fingerprint density at radius 2 is 1.82 bits per heavy atom. The van der Waals surface area contributed by atoms with Crippen LogP contribution in [0.4, 0.5) is 8.78 Å². The largest absolute Gasteiger partial charge is 0.238 e. The minimum absolute atomic E-state index is 0.0955. The molecule has 0 aliphatic carbocycles. The van der Waals surface area contributed by atoms with Crippen LogP contribution in [0.2, 0.25) is 0 Å². The molecule has 0 saturated carbocycles. The lowest BCUT2D eigenvalue weighted by Crippen LogP contribution is -2.12. The maximum absolute atomic E-state index is 13.5. The van der Waals surface area contributed by atoms with E-state index >= 15 is 0 Å². The summed E-state index contributed by atoms with van der Waals surface area (Å²) in [6, 6.07) is 5.29. The van der Waals surface area contributed by atoms with Crippen molar-refractivity contribution in [2.45, 2.75) is 26.2 Å². The van der Waals surface area contributed by atoms with Crippen LogP contribution in [0, 0.1) is 11.6 Å². The molecular weight excluding hydrogens is 222 g/mol. The number of nitrogens with zero attached hydrogens (tertiary/aromatic N) is 2. The first kappa shape index (κ1) is 11.8. The second kappa shape index (κ2) is 3.95. The maximum Gasteiger partial charge on any atom is 0.151 e. The highest BCUT2D eigenvalue weighted by Crippen LogP contribution is 2.21. The van der Waals surface area contributed by atoms with Crippen molar-refractivity contribution in [3.63, 3.8) is 0 Å². The summed E-state index contributed by atoms with van der Waals surface area (Å²) in [4.78, 5) is 0. The molecule has 4 heteroatoms. The van der Waals surface area contributed by atoms with Gasteiger partial charge in [0, 0.05) is 17.7 Å². The molecule has 0 unspecified atom stereocenters. The van der Waals surface area contributed by atoms with Gasteiger partial charge in [-0.15, -0.1) is 0 Å². The molecule has 0 aliphatic heterocycles. The van der Waals surface area contributed by atoms with E-state index in [1.165, 1.54) is 16.8 Å². The molecule has 0 spiro atoms. The van der Waals surface area contributed by atoms with Gasteiger partial charge in [0.25, 0.3) is 0 Å². The first-order valence-corrected chi connectivity index (χ1v) is 5.39. The molecule has 1 aromatic carbocycles. The maximum atomic E-state index is 13.5. The van der Waals surface area contributed by atoms with Crippen molar-refractivity contribution in [2.24, 2.45) is 0 Å². The zero-order chi connectivity index (χ0) is 12.6. The van der Waals surface area contributed by atoms with Crippen LogP contribution >= 0.6 is 0 Å². The van der Waals surface area contributed by atoms with E-state index in [2.05, 4.69) is 5.10 Å². The molecule has 2 nitrogen and oxygen atoms in total. The lowest BCUT2D eigenvalue weighted by molar-refractivity contribution is 0.550. The second-order valence-corrected chi connectivity index (χ2v) is 4.99. The summed E-state index contributed by atoms with van der Waals surface area (Å²) in [5.74, 6) is -1.21. The van der Waals surface area contributed by atoms with E-state index in [4.69, 9.17) is 0 Å². The summed E-state index contributed by atoms with van der Waals surface area (Å²) < 4.78 is 27.8. The Morgan fingerprint density at radius 3 is 2.35 bits per heavy atom. The van der Waals surface area contributed by atoms with Gasteiger partial charge in [-0.05, 0) is 18.2 Å². The van der Waals surface area contributed by atoms with Crippen molar-refractivity contribution in [3.05, 3.63) is 47.8 Å². The van der Waals surface area contributed by atoms with Crippen molar-refractivity contribution in [1.29, 1.82) is 0 Å². The predicted molar refractivity (Wildman–Crippen MR) is 62.2 cm³/mol. The fraction of sp³-hybridized carbons (Fsp3) is 0.308. The van der Waals surface area contributed by atoms with Crippen LogP contribution in [0.3, 0.4) is 0 Å². The summed E-state index contributed by atoms with van der Waals surface area (Å²) >= 11 is 0. The molecule has 1 aromatic heterocycles. The van der Waals surface area contributed by atoms with Crippen molar-refractivity contribution >= 4 is 0 Å². The molecule has 0 saturated heterocycles. The van der Waals surface area contributed by atoms with Gasteiger partial charge in [0.1, 0.15) is 11.5 Å². The van der Waals surface area contributed by atoms with Gasteiger partial charge in [0.15, 0.2) is 5.82 Å². The number of aromatic nitrogens is 2. The van der Waals surface area contributed by atoms with Crippen LogP contribution < -0.4 is 0 Å². The van der Waals surface area contributed by atoms with Crippen molar-refractivity contribution in [1.82, 2.24) is 9.78 Å². The fourth-order valence-corrected chi connectivity index (χ4v) is 1.53. The third-order valence-electron chi connectivity index (χ3n) is 2.51. The molecule has 0 bridgehead atoms. The van der Waals surface area contributed by atoms with Gasteiger partial charge in [0.05, 0.1) is 5.69 Å². The van der Waals surface area contributed by atoms with Gasteiger partial charge in [-0.1, -0.05) is 20.8 Å². The van der Waals surface area contributed by atoms with Crippen LogP contribution in [-0.2, 0) is 5.41 Å². The van der Waals surface area contributed by atoms with E-state index in [0.717, 1.165) is 11.8 Å². The normalized spacial score (nSPS) is 11.8. The Bertz CT molecular complexity index is 539. The van der Waals surface area contributed by atoms with E-state index in [9.17, 15) is 8.78 Å². The number of benzene rings is 1. The summed E-state index contributed by atoms with van der Waals surface area (Å²) in [6.45, 7) is 6.09. The molecule has 0 fully saturated rings. The summed E-state index contributed by atoms with van der Waals surface area (Å²) in [6.07, 6.45) is 1.68. The van der Waals surface area contributed by atoms with E-state index in [0.29, 0.717) is 0 Å². The van der Waals surface area contributed by atoms with E-state index < -0.39 is 11.6 Å². The van der Waals surface area contributed by atoms with Crippen LogP contribution in [0.1, 0.15) is 26.5 Å². The molecule has 0 atom stereocenters. The van der Waals surface area contributed by atoms with Gasteiger partial charge in [-0.2, -0.15) is 5.10 Å². The zero-order valence-electron chi connectivity index (χ0n) is 10.0. The topological polar surface area (TPSA) is 17.8 Å². The van der Waals surface area contributed by atoms with Crippen LogP contribution in [0.25, 0.3) is 5.69 Å². The summed E-state index contributed by atoms with van der Waals surface area (Å²) in [5.41, 5.74) is 1.02. The molecule has 0 aliphatic rings. The minimum atomic E-state index is -0.617. The first-order valence-electron chi connectivity index (χ1n) is 5.39. The Balaban J connectivity index is 2.44. The average molecular weight is 236 g/mol. The summed E-state index contributed by atoms with van der Waals surface area (Å²) in [7, 11) is 0. The first-order chi connectivity index (χ1) is 7.88. The molecule has 0 amide bonds. The van der Waals surface area contributed by atoms with Gasteiger partial charge in [-0.25, -0.2) is 13.5 Å². The van der Waals surface area contributed by atoms with Gasteiger partial charge < -0.3 is 0 Å². The molecule has 0 radical (unpaired) electrons. The Labute approximate surface area is 98.9 Å². The Morgan fingerprint density at radius 1 is 1.12 bits per heavy atom. The molecule has 17 heavy (non-hydrogen) atoms. The van der Waals surface area contributed by atoms with Crippen molar-refractivity contribution in [3.8, 4) is 5.69 Å². The average Bonchev–Trinajstić information content (AvgIpc) is 2.65. The lowest BCUT2D eigenvalue weighted by atomic mass is 9.93. The predicted octanol–water partition coefficient (Wildman–Crippen LogP) is 3.45. The van der Waals surface area contributed by atoms with Crippen LogP contribution in [-0.4, -0.2) is 9.78 Å². The second-order valence-electron chi connectivity index (χ2n) is 4.99. The van der Waals surface area contributed by atoms with E-state index in [1.54, 1.807) is 6.20 Å². The number of halogens is 2. The fourth-order valence-electron chi connectivity index (χ4n) is 1.53. The SMILES string of the molecule is CC(C)(C)c1ccn(-c2ccc(F)cc2F)n1. The van der Waals surface area contributed by atoms with E-state index in [1.807, 2.05) is 26.8 Å². The highest BCUT2D eigenvalue weighted by molar-refractivity contribution is 5.33. The van der Waals surface area contributed by atoms with Crippen LogP contribution in [0.15, 0.2) is 30.5 Å². The molecule has 2 rings (SSSR count). The molecular formula is C13H14F2N2. The lowest BCUT2D eigenvalue weighted by Gasteiger charge is -2.14. The smallest absolute Gasteiger partial charge is 0.151 e. The zero-order valence-corrected chi connectivity index (χ0v) is 10.0. The quantitative estimate of drug-likeness (QED) is 0.741. The molecule has 0 N–H and O–H groups in total. The van der Waals surface area contributed by atoms with E-state index in [-0.39, 0.29) is 11.1 Å². The van der Waals surface area contributed by atoms with Crippen molar-refractivity contribution in [2.75, 3.05) is 0 Å². The highest BCUT2D eigenvalue weighted by atomic mass is 19.1. The Hall–Kier alpha value is -1.71. The van der Waals surface area contributed by atoms with Gasteiger partial charge in [0.2, 0.25) is 0 Å². The number of hydrogen-bond acceptors (Lipinski definition) is 1. The third kappa shape index (κ3) is 2.35. The van der Waals surface area contributed by atoms with Gasteiger partial charge in [-0.3, -0.25) is 0 Å². The van der Waals surface area contributed by atoms with Crippen LogP contribution in [0.5, 0.6) is 0 Å². The van der Waals surface area contributed by atoms with Crippen molar-refractivity contribution < 1.29 is 8.78 Å². The summed E-state index contributed by atoms with van der Waals surface area (Å²) in [5, 5.41) is 4.30. The molecule has 90 valence electrons. The molecule has 2 aromatic rings. The monoisotopic (exact) mass is 236 g/mol. The third-order valence-corrected chi connectivity index (χ3v) is 2.51. The number of rotatable bonds is 1.